The normalized spacial score (nSPS) is 11.5. The Morgan fingerprint density at radius 3 is 2.58 bits per heavy atom. The monoisotopic (exact) mass is 354 g/mol. The Kier molecular flexibility index (Phi) is 8.11. The molecule has 1 atom stereocenters. The second-order valence-corrected chi connectivity index (χ2v) is 6.02. The molecule has 0 saturated carbocycles. The zero-order valence-electron chi connectivity index (χ0n) is 14.0. The molecule has 0 aliphatic heterocycles. The number of nitrogens with two attached hydrogens (primary N) is 1. The second-order valence-electron chi connectivity index (χ2n) is 5.03. The van der Waals surface area contributed by atoms with Crippen molar-refractivity contribution < 1.29 is 23.9 Å². The zero-order valence-corrected chi connectivity index (χ0v) is 14.8. The highest BCUT2D eigenvalue weighted by atomic mass is 32.2. The first kappa shape index (κ1) is 19.8. The number of carbonyl (C=O) groups is 3. The van der Waals surface area contributed by atoms with Gasteiger partial charge < -0.3 is 20.5 Å². The number of Topliss-reactive ketones (excluding diaryl/α,β-unsaturated/α-hetero) is 1. The van der Waals surface area contributed by atoms with Gasteiger partial charge in [-0.3, -0.25) is 4.79 Å². The molecule has 1 aromatic rings. The Morgan fingerprint density at radius 1 is 1.33 bits per heavy atom. The lowest BCUT2D eigenvalue weighted by atomic mass is 10.1. The van der Waals surface area contributed by atoms with Crippen molar-refractivity contribution in [3.05, 3.63) is 29.3 Å². The van der Waals surface area contributed by atoms with E-state index in [-0.39, 0.29) is 12.4 Å². The molecule has 0 radical (unpaired) electrons. The summed E-state index contributed by atoms with van der Waals surface area (Å²) in [6.07, 6.45) is 2.30. The fourth-order valence-corrected chi connectivity index (χ4v) is 2.49. The number of amides is 2. The molecular weight excluding hydrogens is 332 g/mol. The second kappa shape index (κ2) is 9.82. The number of esters is 1. The molecule has 3 N–H and O–H groups in total. The molecule has 0 saturated heterocycles. The van der Waals surface area contributed by atoms with Crippen molar-refractivity contribution in [2.24, 2.45) is 5.73 Å². The molecule has 0 heterocycles. The first-order valence-corrected chi connectivity index (χ1v) is 8.67. The summed E-state index contributed by atoms with van der Waals surface area (Å²) in [4.78, 5) is 34.6. The van der Waals surface area contributed by atoms with E-state index in [0.29, 0.717) is 29.1 Å². The molecule has 0 spiro atoms. The maximum Gasteiger partial charge on any atom is 0.329 e. The van der Waals surface area contributed by atoms with Gasteiger partial charge in [-0.1, -0.05) is 0 Å². The lowest BCUT2D eigenvalue weighted by Crippen LogP contribution is -2.44. The van der Waals surface area contributed by atoms with Gasteiger partial charge in [-0.05, 0) is 43.6 Å². The standard InChI is InChI=1S/C16H22N2O5S/c1-10(19)11-4-5-14(22-2)12(8-11)9-23-15(20)13(6-7-24-3)18-16(17)21/h4-5,8,13H,6-7,9H2,1-3H3,(H3,17,18,21)/t13-/m0/s1. The van der Waals surface area contributed by atoms with E-state index in [0.717, 1.165) is 0 Å². The van der Waals surface area contributed by atoms with Crippen molar-refractivity contribution in [1.29, 1.82) is 0 Å². The summed E-state index contributed by atoms with van der Waals surface area (Å²) in [5.74, 6) is 0.497. The Hall–Kier alpha value is -2.22. The zero-order chi connectivity index (χ0) is 18.1. The minimum Gasteiger partial charge on any atom is -0.496 e. The minimum atomic E-state index is -0.808. The molecule has 8 heteroatoms. The van der Waals surface area contributed by atoms with Gasteiger partial charge in [0.05, 0.1) is 7.11 Å². The van der Waals surface area contributed by atoms with Crippen LogP contribution in [0.15, 0.2) is 18.2 Å². The fraction of sp³-hybridized carbons (Fsp3) is 0.438. The SMILES string of the molecule is COc1ccc(C(C)=O)cc1COC(=O)[C@H](CCSC)NC(N)=O. The van der Waals surface area contributed by atoms with E-state index in [1.54, 1.807) is 30.0 Å². The van der Waals surface area contributed by atoms with Crippen LogP contribution < -0.4 is 15.8 Å². The quantitative estimate of drug-likeness (QED) is 0.516. The van der Waals surface area contributed by atoms with Gasteiger partial charge in [-0.15, -0.1) is 0 Å². The van der Waals surface area contributed by atoms with Crippen molar-refractivity contribution in [2.75, 3.05) is 19.1 Å². The number of primary amides is 1. The van der Waals surface area contributed by atoms with Gasteiger partial charge in [0.25, 0.3) is 0 Å². The molecule has 24 heavy (non-hydrogen) atoms. The third kappa shape index (κ3) is 6.11. The average molecular weight is 354 g/mol. The summed E-state index contributed by atoms with van der Waals surface area (Å²) in [6, 6.07) is 3.31. The number of methoxy groups -OCH3 is 1. The van der Waals surface area contributed by atoms with E-state index in [1.165, 1.54) is 14.0 Å². The van der Waals surface area contributed by atoms with Crippen LogP contribution in [0.5, 0.6) is 5.75 Å². The van der Waals surface area contributed by atoms with Crippen LogP contribution in [-0.4, -0.2) is 42.9 Å². The van der Waals surface area contributed by atoms with Gasteiger partial charge in [0, 0.05) is 11.1 Å². The summed E-state index contributed by atoms with van der Waals surface area (Å²) in [6.45, 7) is 1.38. The highest BCUT2D eigenvalue weighted by Crippen LogP contribution is 2.21. The van der Waals surface area contributed by atoms with Gasteiger partial charge in [0.1, 0.15) is 18.4 Å². The maximum atomic E-state index is 12.2. The Balaban J connectivity index is 2.81. The van der Waals surface area contributed by atoms with Gasteiger partial charge in [-0.25, -0.2) is 9.59 Å². The van der Waals surface area contributed by atoms with Gasteiger partial charge in [0.2, 0.25) is 0 Å². The highest BCUT2D eigenvalue weighted by molar-refractivity contribution is 7.98. The van der Waals surface area contributed by atoms with Crippen molar-refractivity contribution >= 4 is 29.5 Å². The van der Waals surface area contributed by atoms with Crippen LogP contribution in [0.4, 0.5) is 4.79 Å². The van der Waals surface area contributed by atoms with Crippen LogP contribution in [0, 0.1) is 0 Å². The number of ether oxygens (including phenoxy) is 2. The molecule has 0 fully saturated rings. The van der Waals surface area contributed by atoms with Crippen LogP contribution in [0.3, 0.4) is 0 Å². The van der Waals surface area contributed by atoms with Crippen LogP contribution in [0.1, 0.15) is 29.3 Å². The summed E-state index contributed by atoms with van der Waals surface area (Å²) in [7, 11) is 1.49. The molecule has 0 aromatic heterocycles. The molecule has 132 valence electrons. The summed E-state index contributed by atoms with van der Waals surface area (Å²) < 4.78 is 10.5. The smallest absolute Gasteiger partial charge is 0.329 e. The summed E-state index contributed by atoms with van der Waals surface area (Å²) in [5, 5.41) is 2.37. The van der Waals surface area contributed by atoms with Gasteiger partial charge >= 0.3 is 12.0 Å². The number of hydrogen-bond acceptors (Lipinski definition) is 6. The van der Waals surface area contributed by atoms with E-state index in [9.17, 15) is 14.4 Å². The molecule has 7 nitrogen and oxygen atoms in total. The summed E-state index contributed by atoms with van der Waals surface area (Å²) >= 11 is 1.54. The molecule has 0 aliphatic carbocycles. The minimum absolute atomic E-state index is 0.0701. The molecular formula is C16H22N2O5S. The number of thioether (sulfide) groups is 1. The predicted molar refractivity (Wildman–Crippen MR) is 92.3 cm³/mol. The number of carbonyl (C=O) groups excluding carboxylic acids is 3. The Labute approximate surface area is 145 Å². The fourth-order valence-electron chi connectivity index (χ4n) is 2.02. The van der Waals surface area contributed by atoms with E-state index >= 15 is 0 Å². The van der Waals surface area contributed by atoms with Gasteiger partial charge in [0.15, 0.2) is 5.78 Å². The molecule has 2 amide bonds. The average Bonchev–Trinajstić information content (AvgIpc) is 2.55. The largest absolute Gasteiger partial charge is 0.496 e. The lowest BCUT2D eigenvalue weighted by Gasteiger charge is -2.17. The number of hydrogen-bond donors (Lipinski definition) is 2. The topological polar surface area (TPSA) is 108 Å². The Bertz CT molecular complexity index is 606. The third-order valence-electron chi connectivity index (χ3n) is 3.27. The highest BCUT2D eigenvalue weighted by Gasteiger charge is 2.21. The molecule has 0 bridgehead atoms. The van der Waals surface area contributed by atoms with Crippen molar-refractivity contribution in [3.63, 3.8) is 0 Å². The number of urea groups is 1. The molecule has 0 unspecified atom stereocenters. The Morgan fingerprint density at radius 2 is 2.04 bits per heavy atom. The van der Waals surface area contributed by atoms with E-state index in [1.807, 2.05) is 6.26 Å². The van der Waals surface area contributed by atoms with Crippen molar-refractivity contribution in [3.8, 4) is 5.75 Å². The lowest BCUT2D eigenvalue weighted by molar-refractivity contribution is -0.147. The number of nitrogens with one attached hydrogen (secondary N) is 1. The number of rotatable bonds is 9. The first-order valence-electron chi connectivity index (χ1n) is 7.28. The van der Waals surface area contributed by atoms with Crippen LogP contribution >= 0.6 is 11.8 Å². The van der Waals surface area contributed by atoms with Crippen molar-refractivity contribution in [1.82, 2.24) is 5.32 Å². The maximum absolute atomic E-state index is 12.2. The van der Waals surface area contributed by atoms with Gasteiger partial charge in [-0.2, -0.15) is 11.8 Å². The molecule has 1 aromatic carbocycles. The first-order chi connectivity index (χ1) is 11.4. The number of benzene rings is 1. The number of ketones is 1. The van der Waals surface area contributed by atoms with E-state index < -0.39 is 18.0 Å². The van der Waals surface area contributed by atoms with Crippen LogP contribution in [0.25, 0.3) is 0 Å². The third-order valence-corrected chi connectivity index (χ3v) is 3.91. The van der Waals surface area contributed by atoms with E-state index in [4.69, 9.17) is 15.2 Å². The van der Waals surface area contributed by atoms with Crippen LogP contribution in [0.2, 0.25) is 0 Å². The van der Waals surface area contributed by atoms with Crippen molar-refractivity contribution in [2.45, 2.75) is 26.0 Å². The van der Waals surface area contributed by atoms with Crippen LogP contribution in [-0.2, 0) is 16.1 Å². The molecule has 0 aliphatic rings. The molecule has 1 rings (SSSR count). The summed E-state index contributed by atoms with van der Waals surface area (Å²) in [5.41, 5.74) is 6.15. The predicted octanol–water partition coefficient (Wildman–Crippen LogP) is 1.73. The van der Waals surface area contributed by atoms with E-state index in [2.05, 4.69) is 5.32 Å².